The summed E-state index contributed by atoms with van der Waals surface area (Å²) in [4.78, 5) is 23.6. The van der Waals surface area contributed by atoms with E-state index in [1.54, 1.807) is 6.20 Å². The lowest BCUT2D eigenvalue weighted by atomic mass is 10.1. The number of carbonyl (C=O) groups excluding carboxylic acids is 1. The third-order valence-electron chi connectivity index (χ3n) is 3.50. The van der Waals surface area contributed by atoms with Gasteiger partial charge < -0.3 is 10.6 Å². The van der Waals surface area contributed by atoms with Crippen molar-refractivity contribution in [3.63, 3.8) is 0 Å². The molecular formula is C15H24N4O2. The molecular weight excluding hydrogens is 268 g/mol. The van der Waals surface area contributed by atoms with Gasteiger partial charge in [-0.1, -0.05) is 13.8 Å². The van der Waals surface area contributed by atoms with Gasteiger partial charge in [0.15, 0.2) is 0 Å². The summed E-state index contributed by atoms with van der Waals surface area (Å²) in [6, 6.07) is 1.50. The number of anilines is 1. The third-order valence-corrected chi connectivity index (χ3v) is 3.50. The normalized spacial score (nSPS) is 14.2. The van der Waals surface area contributed by atoms with E-state index in [0.717, 1.165) is 24.6 Å². The average Bonchev–Trinajstić information content (AvgIpc) is 3.23. The third kappa shape index (κ3) is 5.57. The van der Waals surface area contributed by atoms with Gasteiger partial charge in [-0.3, -0.25) is 9.59 Å². The van der Waals surface area contributed by atoms with Crippen LogP contribution in [-0.2, 0) is 11.3 Å². The summed E-state index contributed by atoms with van der Waals surface area (Å²) in [5, 5.41) is 10.0. The maximum Gasteiger partial charge on any atom is 0.269 e. The van der Waals surface area contributed by atoms with Crippen molar-refractivity contribution in [3.8, 4) is 0 Å². The second-order valence-corrected chi connectivity index (χ2v) is 6.10. The SMILES string of the molecule is CC(C)CCNC(=O)Cn1ncc(NCC2CC2)cc1=O. The van der Waals surface area contributed by atoms with Crippen LogP contribution >= 0.6 is 0 Å². The summed E-state index contributed by atoms with van der Waals surface area (Å²) in [6.45, 7) is 5.70. The highest BCUT2D eigenvalue weighted by atomic mass is 16.2. The number of aromatic nitrogens is 2. The number of hydrogen-bond acceptors (Lipinski definition) is 4. The van der Waals surface area contributed by atoms with Gasteiger partial charge in [0.2, 0.25) is 5.91 Å². The molecule has 2 rings (SSSR count). The molecule has 0 aromatic carbocycles. The number of nitrogens with one attached hydrogen (secondary N) is 2. The molecule has 6 heteroatoms. The fourth-order valence-electron chi connectivity index (χ4n) is 1.93. The van der Waals surface area contributed by atoms with E-state index < -0.39 is 0 Å². The molecule has 0 bridgehead atoms. The fourth-order valence-corrected chi connectivity index (χ4v) is 1.93. The van der Waals surface area contributed by atoms with Gasteiger partial charge in [0.05, 0.1) is 11.9 Å². The minimum absolute atomic E-state index is 0.0279. The van der Waals surface area contributed by atoms with Crippen LogP contribution in [-0.4, -0.2) is 28.8 Å². The highest BCUT2D eigenvalue weighted by Gasteiger charge is 2.20. The Bertz CT molecular complexity index is 535. The Kier molecular flexibility index (Phi) is 5.36. The van der Waals surface area contributed by atoms with Crippen molar-refractivity contribution < 1.29 is 4.79 Å². The molecule has 2 N–H and O–H groups in total. The minimum Gasteiger partial charge on any atom is -0.383 e. The van der Waals surface area contributed by atoms with E-state index >= 15 is 0 Å². The van der Waals surface area contributed by atoms with Crippen LogP contribution in [0.2, 0.25) is 0 Å². The van der Waals surface area contributed by atoms with Crippen molar-refractivity contribution in [2.75, 3.05) is 18.4 Å². The molecule has 1 amide bonds. The molecule has 0 atom stereocenters. The molecule has 0 saturated heterocycles. The summed E-state index contributed by atoms with van der Waals surface area (Å²) in [6.07, 6.45) is 5.05. The summed E-state index contributed by atoms with van der Waals surface area (Å²) >= 11 is 0. The first-order chi connectivity index (χ1) is 10.0. The lowest BCUT2D eigenvalue weighted by Gasteiger charge is -2.09. The van der Waals surface area contributed by atoms with Gasteiger partial charge in [-0.05, 0) is 31.1 Å². The van der Waals surface area contributed by atoms with Crippen LogP contribution < -0.4 is 16.2 Å². The van der Waals surface area contributed by atoms with Crippen LogP contribution in [0.4, 0.5) is 5.69 Å². The molecule has 1 aliphatic carbocycles. The summed E-state index contributed by atoms with van der Waals surface area (Å²) < 4.78 is 1.19. The lowest BCUT2D eigenvalue weighted by Crippen LogP contribution is -2.34. The summed E-state index contributed by atoms with van der Waals surface area (Å²) in [5.74, 6) is 1.10. The van der Waals surface area contributed by atoms with Crippen LogP contribution in [0.3, 0.4) is 0 Å². The van der Waals surface area contributed by atoms with Crippen molar-refractivity contribution in [1.29, 1.82) is 0 Å². The van der Waals surface area contributed by atoms with Crippen molar-refractivity contribution in [3.05, 3.63) is 22.6 Å². The van der Waals surface area contributed by atoms with E-state index in [9.17, 15) is 9.59 Å². The first-order valence-electron chi connectivity index (χ1n) is 7.62. The molecule has 116 valence electrons. The van der Waals surface area contributed by atoms with Gasteiger partial charge in [0.25, 0.3) is 5.56 Å². The molecule has 1 aliphatic rings. The number of nitrogens with zero attached hydrogens (tertiary/aromatic N) is 2. The predicted octanol–water partition coefficient (Wildman–Crippen LogP) is 1.23. The molecule has 21 heavy (non-hydrogen) atoms. The van der Waals surface area contributed by atoms with E-state index in [-0.39, 0.29) is 18.0 Å². The van der Waals surface area contributed by atoms with Crippen LogP contribution in [0.5, 0.6) is 0 Å². The first-order valence-corrected chi connectivity index (χ1v) is 7.62. The van der Waals surface area contributed by atoms with Gasteiger partial charge in [-0.25, -0.2) is 4.68 Å². The van der Waals surface area contributed by atoms with Crippen LogP contribution in [0.15, 0.2) is 17.1 Å². The lowest BCUT2D eigenvalue weighted by molar-refractivity contribution is -0.121. The standard InChI is InChI=1S/C15H24N4O2/c1-11(2)5-6-16-14(20)10-19-15(21)7-13(9-18-19)17-8-12-3-4-12/h7,9,11-12,17H,3-6,8,10H2,1-2H3,(H,16,20). The maximum atomic E-state index is 11.9. The number of amides is 1. The minimum atomic E-state index is -0.255. The van der Waals surface area contributed by atoms with Gasteiger partial charge in [-0.2, -0.15) is 5.10 Å². The first kappa shape index (κ1) is 15.5. The van der Waals surface area contributed by atoms with Crippen molar-refractivity contribution in [2.24, 2.45) is 11.8 Å². The Morgan fingerprint density at radius 1 is 1.48 bits per heavy atom. The summed E-state index contributed by atoms with van der Waals surface area (Å²) in [5.41, 5.74) is 0.471. The van der Waals surface area contributed by atoms with E-state index in [1.807, 2.05) is 0 Å². The van der Waals surface area contributed by atoms with E-state index in [1.165, 1.54) is 23.6 Å². The molecule has 0 unspecified atom stereocenters. The molecule has 1 aromatic heterocycles. The van der Waals surface area contributed by atoms with Crippen molar-refractivity contribution in [1.82, 2.24) is 15.1 Å². The highest BCUT2D eigenvalue weighted by Crippen LogP contribution is 2.28. The monoisotopic (exact) mass is 292 g/mol. The molecule has 1 heterocycles. The smallest absolute Gasteiger partial charge is 0.269 e. The Balaban J connectivity index is 1.81. The zero-order valence-electron chi connectivity index (χ0n) is 12.8. The molecule has 1 aromatic rings. The van der Waals surface area contributed by atoms with Crippen molar-refractivity contribution in [2.45, 2.75) is 39.7 Å². The quantitative estimate of drug-likeness (QED) is 0.755. The van der Waals surface area contributed by atoms with Gasteiger partial charge in [0.1, 0.15) is 6.54 Å². The molecule has 0 radical (unpaired) electrons. The van der Waals surface area contributed by atoms with Gasteiger partial charge in [-0.15, -0.1) is 0 Å². The number of hydrogen-bond donors (Lipinski definition) is 2. The van der Waals surface area contributed by atoms with E-state index in [2.05, 4.69) is 29.6 Å². The predicted molar refractivity (Wildman–Crippen MR) is 82.2 cm³/mol. The largest absolute Gasteiger partial charge is 0.383 e. The number of carbonyl (C=O) groups is 1. The zero-order valence-corrected chi connectivity index (χ0v) is 12.8. The van der Waals surface area contributed by atoms with E-state index in [0.29, 0.717) is 12.5 Å². The highest BCUT2D eigenvalue weighted by molar-refractivity contribution is 5.75. The molecule has 0 spiro atoms. The van der Waals surface area contributed by atoms with Gasteiger partial charge in [0, 0.05) is 19.2 Å². The van der Waals surface area contributed by atoms with E-state index in [4.69, 9.17) is 0 Å². The molecule has 1 saturated carbocycles. The van der Waals surface area contributed by atoms with Crippen LogP contribution in [0.25, 0.3) is 0 Å². The maximum absolute atomic E-state index is 11.9. The Hall–Kier alpha value is -1.85. The topological polar surface area (TPSA) is 76.0 Å². The molecule has 1 fully saturated rings. The Morgan fingerprint density at radius 3 is 2.86 bits per heavy atom. The Labute approximate surface area is 124 Å². The van der Waals surface area contributed by atoms with Crippen LogP contribution in [0, 0.1) is 11.8 Å². The second-order valence-electron chi connectivity index (χ2n) is 6.10. The van der Waals surface area contributed by atoms with Gasteiger partial charge >= 0.3 is 0 Å². The zero-order chi connectivity index (χ0) is 15.2. The second kappa shape index (κ2) is 7.24. The van der Waals surface area contributed by atoms with Crippen LogP contribution in [0.1, 0.15) is 33.1 Å². The molecule has 0 aliphatic heterocycles. The summed E-state index contributed by atoms with van der Waals surface area (Å²) in [7, 11) is 0. The fraction of sp³-hybridized carbons (Fsp3) is 0.667. The molecule has 6 nitrogen and oxygen atoms in total. The van der Waals surface area contributed by atoms with Crippen molar-refractivity contribution >= 4 is 11.6 Å². The average molecular weight is 292 g/mol. The Morgan fingerprint density at radius 2 is 2.24 bits per heavy atom. The number of rotatable bonds is 8.